The zero-order valence-electron chi connectivity index (χ0n) is 23.8. The molecule has 1 aliphatic rings. The summed E-state index contributed by atoms with van der Waals surface area (Å²) >= 11 is 0. The molecule has 202 valence electrons. The van der Waals surface area contributed by atoms with Gasteiger partial charge < -0.3 is 8.84 Å². The predicted octanol–water partition coefficient (Wildman–Crippen LogP) is 8.15. The highest BCUT2D eigenvalue weighted by atomic mass is 28.4. The molecule has 0 spiro atoms. The number of rotatable bonds is 7. The van der Waals surface area contributed by atoms with E-state index in [1.807, 2.05) is 0 Å². The van der Waals surface area contributed by atoms with E-state index in [0.29, 0.717) is 0 Å². The van der Waals surface area contributed by atoms with Gasteiger partial charge in [-0.1, -0.05) is 112 Å². The first-order valence-electron chi connectivity index (χ1n) is 13.9. The smallest absolute Gasteiger partial charge is 0.192 e. The van der Waals surface area contributed by atoms with Crippen molar-refractivity contribution < 1.29 is 8.84 Å². The molecule has 4 nitrogen and oxygen atoms in total. The largest absolute Gasteiger partial charge is 0.444 e. The number of hydrogen-bond acceptors (Lipinski definition) is 4. The Morgan fingerprint density at radius 1 is 0.846 bits per heavy atom. The first kappa shape index (κ1) is 27.3. The van der Waals surface area contributed by atoms with Crippen LogP contribution in [0.4, 0.5) is 0 Å². The number of aromatic nitrogens is 1. The maximum atomic E-state index is 7.06. The van der Waals surface area contributed by atoms with Gasteiger partial charge in [0.25, 0.3) is 0 Å². The molecular weight excluding hydrogens is 496 g/mol. The van der Waals surface area contributed by atoms with E-state index < -0.39 is 13.9 Å². The van der Waals surface area contributed by atoms with Gasteiger partial charge in [0.15, 0.2) is 14.7 Å². The van der Waals surface area contributed by atoms with Crippen molar-refractivity contribution in [1.29, 1.82) is 0 Å². The summed E-state index contributed by atoms with van der Waals surface area (Å²) in [5, 5.41) is 0.128. The molecule has 0 aliphatic carbocycles. The molecule has 1 saturated heterocycles. The van der Waals surface area contributed by atoms with Crippen LogP contribution in [0, 0.1) is 0 Å². The third-order valence-corrected chi connectivity index (χ3v) is 13.0. The van der Waals surface area contributed by atoms with Crippen LogP contribution >= 0.6 is 0 Å². The van der Waals surface area contributed by atoms with Crippen molar-refractivity contribution in [2.45, 2.75) is 57.0 Å². The van der Waals surface area contributed by atoms with E-state index in [4.69, 9.17) is 8.84 Å². The van der Waals surface area contributed by atoms with Crippen molar-refractivity contribution in [2.75, 3.05) is 13.1 Å². The van der Waals surface area contributed by atoms with Crippen LogP contribution in [0.1, 0.15) is 49.6 Å². The second kappa shape index (κ2) is 11.1. The van der Waals surface area contributed by atoms with Crippen LogP contribution in [0.3, 0.4) is 0 Å². The van der Waals surface area contributed by atoms with Crippen LogP contribution < -0.4 is 0 Å². The molecule has 1 aliphatic heterocycles. The molecule has 0 saturated carbocycles. The fourth-order valence-electron chi connectivity index (χ4n) is 5.52. The first-order chi connectivity index (χ1) is 18.7. The summed E-state index contributed by atoms with van der Waals surface area (Å²) in [6, 6.07) is 32.7. The van der Waals surface area contributed by atoms with E-state index in [9.17, 15) is 0 Å². The van der Waals surface area contributed by atoms with Gasteiger partial charge in [-0.2, -0.15) is 0 Å². The minimum Gasteiger partial charge on any atom is -0.444 e. The van der Waals surface area contributed by atoms with Gasteiger partial charge in [-0.3, -0.25) is 4.90 Å². The quantitative estimate of drug-likeness (QED) is 0.176. The van der Waals surface area contributed by atoms with Crippen molar-refractivity contribution >= 4 is 14.4 Å². The third-order valence-electron chi connectivity index (χ3n) is 8.52. The summed E-state index contributed by atoms with van der Waals surface area (Å²) < 4.78 is 12.8. The van der Waals surface area contributed by atoms with Gasteiger partial charge in [0, 0.05) is 13.1 Å². The Morgan fingerprint density at radius 3 is 1.79 bits per heavy atom. The Labute approximate surface area is 234 Å². The molecule has 1 aromatic heterocycles. The molecule has 0 amide bonds. The first-order valence-corrected chi connectivity index (χ1v) is 16.8. The van der Waals surface area contributed by atoms with Gasteiger partial charge in [0.05, 0.1) is 17.8 Å². The minimum atomic E-state index is -2.00. The molecule has 4 aromatic rings. The standard InChI is InChI=1S/C34H40N2O2Si/c1-33(2,3)39(4,5)38-32-21-22-36(25-27(32)23-31-24-35-26-37-31)34(28-15-9-6-10-16-28,29-17-11-7-12-18-29)30-19-13-8-14-20-30/h6-20,23-24,26,32H,21-22,25H2,1-5H3/b27-23-. The van der Waals surface area contributed by atoms with Crippen LogP contribution in [0.25, 0.3) is 6.08 Å². The number of oxazole rings is 1. The molecule has 1 atom stereocenters. The van der Waals surface area contributed by atoms with Crippen LogP contribution in [-0.2, 0) is 9.96 Å². The zero-order chi connectivity index (χ0) is 27.5. The Kier molecular flexibility index (Phi) is 7.77. The van der Waals surface area contributed by atoms with Crippen molar-refractivity contribution in [3.8, 4) is 0 Å². The Balaban J connectivity index is 1.66. The molecule has 2 heterocycles. The van der Waals surface area contributed by atoms with Crippen molar-refractivity contribution in [1.82, 2.24) is 9.88 Å². The second-order valence-electron chi connectivity index (χ2n) is 12.0. The lowest BCUT2D eigenvalue weighted by molar-refractivity contribution is 0.0915. The minimum absolute atomic E-state index is 0.0345. The molecule has 0 N–H and O–H groups in total. The van der Waals surface area contributed by atoms with Gasteiger partial charge in [-0.05, 0) is 52.9 Å². The predicted molar refractivity (Wildman–Crippen MR) is 162 cm³/mol. The molecule has 1 fully saturated rings. The summed E-state index contributed by atoms with van der Waals surface area (Å²) in [5.74, 6) is 0.764. The molecule has 5 rings (SSSR count). The molecule has 1 unspecified atom stereocenters. The van der Waals surface area contributed by atoms with E-state index in [-0.39, 0.29) is 11.1 Å². The average molecular weight is 537 g/mol. The summed E-state index contributed by atoms with van der Waals surface area (Å²) in [6.07, 6.45) is 6.38. The summed E-state index contributed by atoms with van der Waals surface area (Å²) in [4.78, 5) is 6.81. The van der Waals surface area contributed by atoms with Gasteiger partial charge >= 0.3 is 0 Å². The Hall–Kier alpha value is -3.25. The van der Waals surface area contributed by atoms with Gasteiger partial charge in [0.1, 0.15) is 5.76 Å². The topological polar surface area (TPSA) is 38.5 Å². The van der Waals surface area contributed by atoms with E-state index in [0.717, 1.165) is 25.3 Å². The van der Waals surface area contributed by atoms with Crippen molar-refractivity contribution in [2.24, 2.45) is 0 Å². The molecule has 3 aromatic carbocycles. The van der Waals surface area contributed by atoms with Gasteiger partial charge in [0.2, 0.25) is 0 Å². The lowest BCUT2D eigenvalue weighted by Crippen LogP contribution is -2.55. The highest BCUT2D eigenvalue weighted by Gasteiger charge is 2.46. The summed E-state index contributed by atoms with van der Waals surface area (Å²) in [5.41, 5.74) is 4.53. The van der Waals surface area contributed by atoms with Crippen LogP contribution in [0.15, 0.2) is 114 Å². The molecule has 5 heteroatoms. The average Bonchev–Trinajstić information content (AvgIpc) is 3.45. The SMILES string of the molecule is CC(C)(C)[Si](C)(C)OC1CCN(C(c2ccccc2)(c2ccccc2)c2ccccc2)C/C1=C/c1cnco1. The monoisotopic (exact) mass is 536 g/mol. The summed E-state index contributed by atoms with van der Waals surface area (Å²) in [6.45, 7) is 13.2. The fraction of sp³-hybridized carbons (Fsp3) is 0.324. The lowest BCUT2D eigenvalue weighted by Gasteiger charge is -2.50. The second-order valence-corrected chi connectivity index (χ2v) is 16.8. The van der Waals surface area contributed by atoms with Crippen molar-refractivity contribution in [3.05, 3.63) is 132 Å². The molecule has 39 heavy (non-hydrogen) atoms. The number of benzene rings is 3. The van der Waals surface area contributed by atoms with E-state index >= 15 is 0 Å². The number of hydrogen-bond donors (Lipinski definition) is 0. The van der Waals surface area contributed by atoms with Crippen LogP contribution in [0.5, 0.6) is 0 Å². The maximum Gasteiger partial charge on any atom is 0.192 e. The highest BCUT2D eigenvalue weighted by molar-refractivity contribution is 6.74. The Bertz CT molecular complexity index is 1260. The highest BCUT2D eigenvalue weighted by Crippen LogP contribution is 2.46. The molecule has 0 radical (unpaired) electrons. The lowest BCUT2D eigenvalue weighted by atomic mass is 9.74. The normalized spacial score (nSPS) is 18.4. The van der Waals surface area contributed by atoms with E-state index in [1.54, 1.807) is 6.20 Å². The summed E-state index contributed by atoms with van der Waals surface area (Å²) in [7, 11) is -2.00. The number of likely N-dealkylation sites (tertiary alicyclic amines) is 1. The van der Waals surface area contributed by atoms with Gasteiger partial charge in [-0.15, -0.1) is 0 Å². The maximum absolute atomic E-state index is 7.06. The van der Waals surface area contributed by atoms with E-state index in [1.165, 1.54) is 28.7 Å². The molecule has 0 bridgehead atoms. The van der Waals surface area contributed by atoms with Crippen molar-refractivity contribution in [3.63, 3.8) is 0 Å². The van der Waals surface area contributed by atoms with Crippen LogP contribution in [0.2, 0.25) is 18.1 Å². The van der Waals surface area contributed by atoms with E-state index in [2.05, 4.69) is 141 Å². The third kappa shape index (κ3) is 5.44. The fourth-order valence-corrected chi connectivity index (χ4v) is 6.85. The van der Waals surface area contributed by atoms with Crippen LogP contribution in [-0.4, -0.2) is 37.4 Å². The number of nitrogens with zero attached hydrogens (tertiary/aromatic N) is 2. The number of piperidine rings is 1. The Morgan fingerprint density at radius 2 is 1.36 bits per heavy atom. The molecular formula is C34H40N2O2Si. The zero-order valence-corrected chi connectivity index (χ0v) is 24.8. The van der Waals surface area contributed by atoms with Gasteiger partial charge in [-0.25, -0.2) is 4.98 Å².